The van der Waals surface area contributed by atoms with Crippen molar-refractivity contribution in [3.8, 4) is 11.5 Å². The molecule has 1 aromatic rings. The number of piperidine rings is 1. The molecule has 1 aliphatic carbocycles. The second kappa shape index (κ2) is 8.52. The molecule has 2 aliphatic heterocycles. The van der Waals surface area contributed by atoms with Crippen LogP contribution in [0.1, 0.15) is 45.4 Å². The van der Waals surface area contributed by atoms with Crippen molar-refractivity contribution in [2.24, 2.45) is 11.8 Å². The van der Waals surface area contributed by atoms with Crippen molar-refractivity contribution in [2.75, 3.05) is 26.3 Å². The number of hydrogen-bond acceptors (Lipinski definition) is 5. The lowest BCUT2D eigenvalue weighted by Gasteiger charge is -2.34. The second-order valence-corrected chi connectivity index (χ2v) is 10.3. The Kier molecular flexibility index (Phi) is 6.01. The molecule has 2 fully saturated rings. The van der Waals surface area contributed by atoms with Gasteiger partial charge in [-0.05, 0) is 43.7 Å². The zero-order chi connectivity index (χ0) is 20.4. The number of nitrogens with zero attached hydrogens (tertiary/aromatic N) is 1. The van der Waals surface area contributed by atoms with Crippen LogP contribution in [0.5, 0.6) is 11.5 Å². The van der Waals surface area contributed by atoms with Gasteiger partial charge in [-0.3, -0.25) is 4.79 Å². The maximum atomic E-state index is 13.0. The Morgan fingerprint density at radius 1 is 1.03 bits per heavy atom. The van der Waals surface area contributed by atoms with E-state index < -0.39 is 10.0 Å². The molecule has 1 aromatic carbocycles. The summed E-state index contributed by atoms with van der Waals surface area (Å²) in [6, 6.07) is 5.00. The van der Waals surface area contributed by atoms with E-state index in [4.69, 9.17) is 9.47 Å². The molecule has 0 spiro atoms. The van der Waals surface area contributed by atoms with Crippen LogP contribution in [0.15, 0.2) is 23.1 Å². The summed E-state index contributed by atoms with van der Waals surface area (Å²) in [6.07, 6.45) is 5.72. The molecular weight excluding hydrogens is 392 g/mol. The van der Waals surface area contributed by atoms with E-state index in [0.29, 0.717) is 56.6 Å². The van der Waals surface area contributed by atoms with Crippen molar-refractivity contribution in [1.82, 2.24) is 9.62 Å². The van der Waals surface area contributed by atoms with Gasteiger partial charge in [-0.2, -0.15) is 4.31 Å². The van der Waals surface area contributed by atoms with Crippen LogP contribution in [-0.4, -0.2) is 51.0 Å². The van der Waals surface area contributed by atoms with E-state index >= 15 is 0 Å². The summed E-state index contributed by atoms with van der Waals surface area (Å²) in [5, 5.41) is 3.22. The van der Waals surface area contributed by atoms with E-state index in [1.165, 1.54) is 23.2 Å². The first-order chi connectivity index (χ1) is 13.9. The second-order valence-electron chi connectivity index (χ2n) is 8.36. The Hall–Kier alpha value is -1.80. The van der Waals surface area contributed by atoms with E-state index in [1.54, 1.807) is 12.1 Å². The molecule has 2 atom stereocenters. The van der Waals surface area contributed by atoms with E-state index in [0.717, 1.165) is 12.8 Å². The van der Waals surface area contributed by atoms with Gasteiger partial charge in [0.1, 0.15) is 13.2 Å². The molecule has 1 amide bonds. The number of carbonyl (C=O) groups excluding carboxylic acids is 1. The molecular formula is C21H30N2O5S. The van der Waals surface area contributed by atoms with Crippen molar-refractivity contribution >= 4 is 15.9 Å². The van der Waals surface area contributed by atoms with E-state index in [1.807, 2.05) is 0 Å². The number of nitrogens with one attached hydrogen (secondary N) is 1. The number of fused-ring (bicyclic) bond motifs is 1. The zero-order valence-electron chi connectivity index (χ0n) is 16.9. The Bertz CT molecular complexity index is 849. The molecule has 3 aliphatic rings. The van der Waals surface area contributed by atoms with Gasteiger partial charge < -0.3 is 14.8 Å². The first-order valence-corrected chi connectivity index (χ1v) is 12.1. The van der Waals surface area contributed by atoms with Crippen LogP contribution in [0.2, 0.25) is 0 Å². The number of ether oxygens (including phenoxy) is 2. The van der Waals surface area contributed by atoms with Gasteiger partial charge in [0.25, 0.3) is 0 Å². The topological polar surface area (TPSA) is 84.9 Å². The third kappa shape index (κ3) is 4.38. The third-order valence-electron chi connectivity index (χ3n) is 6.42. The molecule has 7 nitrogen and oxygen atoms in total. The highest BCUT2D eigenvalue weighted by Gasteiger charge is 2.34. The van der Waals surface area contributed by atoms with Gasteiger partial charge in [0, 0.05) is 31.1 Å². The number of hydrogen-bond donors (Lipinski definition) is 1. The quantitative estimate of drug-likeness (QED) is 0.806. The first kappa shape index (κ1) is 20.5. The molecule has 2 heterocycles. The van der Waals surface area contributed by atoms with Gasteiger partial charge in [-0.1, -0.05) is 19.8 Å². The van der Waals surface area contributed by atoms with Gasteiger partial charge in [0.05, 0.1) is 4.90 Å². The van der Waals surface area contributed by atoms with Gasteiger partial charge in [-0.25, -0.2) is 8.42 Å². The van der Waals surface area contributed by atoms with Crippen LogP contribution in [0.25, 0.3) is 0 Å². The SMILES string of the molecule is C[C@H]1CCCC[C@@H]1NC(=O)C1CCN(S(=O)(=O)c2ccc3c(c2)OCCO3)CC1. The fraction of sp³-hybridized carbons (Fsp3) is 0.667. The summed E-state index contributed by atoms with van der Waals surface area (Å²) in [5.74, 6) is 1.52. The number of rotatable bonds is 4. The normalized spacial score (nSPS) is 26.1. The van der Waals surface area contributed by atoms with Crippen molar-refractivity contribution < 1.29 is 22.7 Å². The number of amides is 1. The molecule has 160 valence electrons. The molecule has 0 unspecified atom stereocenters. The lowest BCUT2D eigenvalue weighted by Crippen LogP contribution is -2.47. The minimum atomic E-state index is -3.61. The lowest BCUT2D eigenvalue weighted by atomic mass is 9.85. The predicted molar refractivity (Wildman–Crippen MR) is 108 cm³/mol. The number of carbonyl (C=O) groups is 1. The standard InChI is InChI=1S/C21H30N2O5S/c1-15-4-2-3-5-18(15)22-21(24)16-8-10-23(11-9-16)29(25,26)17-6-7-19-20(14-17)28-13-12-27-19/h6-7,14-16,18H,2-5,8-13H2,1H3,(H,22,24)/t15-,18-/m0/s1. The third-order valence-corrected chi connectivity index (χ3v) is 8.31. The van der Waals surface area contributed by atoms with Crippen molar-refractivity contribution in [2.45, 2.75) is 56.4 Å². The largest absolute Gasteiger partial charge is 0.486 e. The number of sulfonamides is 1. The van der Waals surface area contributed by atoms with Crippen molar-refractivity contribution in [3.05, 3.63) is 18.2 Å². The summed E-state index contributed by atoms with van der Waals surface area (Å²) in [7, 11) is -3.61. The number of benzene rings is 1. The molecule has 0 aromatic heterocycles. The van der Waals surface area contributed by atoms with Gasteiger partial charge in [-0.15, -0.1) is 0 Å². The Balaban J connectivity index is 1.36. The smallest absolute Gasteiger partial charge is 0.243 e. The summed E-state index contributed by atoms with van der Waals surface area (Å²) in [4.78, 5) is 12.9. The zero-order valence-corrected chi connectivity index (χ0v) is 17.7. The van der Waals surface area contributed by atoms with E-state index in [2.05, 4.69) is 12.2 Å². The predicted octanol–water partition coefficient (Wildman–Crippen LogP) is 2.55. The monoisotopic (exact) mass is 422 g/mol. The average Bonchev–Trinajstić information content (AvgIpc) is 2.75. The highest BCUT2D eigenvalue weighted by Crippen LogP contribution is 2.34. The summed E-state index contributed by atoms with van der Waals surface area (Å²) < 4.78 is 38.5. The first-order valence-electron chi connectivity index (χ1n) is 10.7. The highest BCUT2D eigenvalue weighted by atomic mass is 32.2. The maximum Gasteiger partial charge on any atom is 0.243 e. The summed E-state index contributed by atoms with van der Waals surface area (Å²) >= 11 is 0. The lowest BCUT2D eigenvalue weighted by molar-refractivity contribution is -0.127. The van der Waals surface area contributed by atoms with Crippen LogP contribution >= 0.6 is 0 Å². The minimum Gasteiger partial charge on any atom is -0.486 e. The van der Waals surface area contributed by atoms with Gasteiger partial charge in [0.2, 0.25) is 15.9 Å². The Morgan fingerprint density at radius 3 is 2.45 bits per heavy atom. The highest BCUT2D eigenvalue weighted by molar-refractivity contribution is 7.89. The molecule has 0 radical (unpaired) electrons. The molecule has 4 rings (SSSR count). The van der Waals surface area contributed by atoms with Crippen LogP contribution in [0.3, 0.4) is 0 Å². The minimum absolute atomic E-state index is 0.0835. The fourth-order valence-electron chi connectivity index (χ4n) is 4.52. The molecule has 1 saturated heterocycles. The Morgan fingerprint density at radius 2 is 1.72 bits per heavy atom. The molecule has 29 heavy (non-hydrogen) atoms. The van der Waals surface area contributed by atoms with Gasteiger partial charge in [0.15, 0.2) is 11.5 Å². The summed E-state index contributed by atoms with van der Waals surface area (Å²) in [5.41, 5.74) is 0. The molecule has 1 N–H and O–H groups in total. The molecule has 0 bridgehead atoms. The summed E-state index contributed by atoms with van der Waals surface area (Å²) in [6.45, 7) is 3.79. The maximum absolute atomic E-state index is 13.0. The van der Waals surface area contributed by atoms with Crippen molar-refractivity contribution in [1.29, 1.82) is 0 Å². The Labute approximate surface area is 172 Å². The van der Waals surface area contributed by atoms with E-state index in [9.17, 15) is 13.2 Å². The fourth-order valence-corrected chi connectivity index (χ4v) is 6.01. The van der Waals surface area contributed by atoms with Crippen LogP contribution < -0.4 is 14.8 Å². The van der Waals surface area contributed by atoms with E-state index in [-0.39, 0.29) is 22.8 Å². The molecule has 8 heteroatoms. The van der Waals surface area contributed by atoms with Crippen LogP contribution in [0.4, 0.5) is 0 Å². The molecule has 1 saturated carbocycles. The average molecular weight is 423 g/mol. The van der Waals surface area contributed by atoms with Crippen molar-refractivity contribution in [3.63, 3.8) is 0 Å². The van der Waals surface area contributed by atoms with Gasteiger partial charge >= 0.3 is 0 Å². The van der Waals surface area contributed by atoms with Crippen LogP contribution in [-0.2, 0) is 14.8 Å². The van der Waals surface area contributed by atoms with Crippen LogP contribution in [0, 0.1) is 11.8 Å².